The lowest BCUT2D eigenvalue weighted by Gasteiger charge is -2.19. The maximum Gasteiger partial charge on any atom is 0.322 e. The van der Waals surface area contributed by atoms with Gasteiger partial charge in [-0.2, -0.15) is 0 Å². The largest absolute Gasteiger partial charge is 0.338 e. The van der Waals surface area contributed by atoms with E-state index >= 15 is 0 Å². The Hall–Kier alpha value is -3.08. The van der Waals surface area contributed by atoms with Crippen molar-refractivity contribution in [3.63, 3.8) is 0 Å². The fraction of sp³-hybridized carbons (Fsp3) is 0.0588. The zero-order chi connectivity index (χ0) is 15.2. The zero-order valence-electron chi connectivity index (χ0n) is 11.8. The summed E-state index contributed by atoms with van der Waals surface area (Å²) in [6.45, 7) is 0. The van der Waals surface area contributed by atoms with E-state index in [1.54, 1.807) is 6.07 Å². The van der Waals surface area contributed by atoms with Crippen molar-refractivity contribution in [1.82, 2.24) is 10.5 Å². The van der Waals surface area contributed by atoms with Crippen LogP contribution in [0.4, 0.5) is 10.7 Å². The van der Waals surface area contributed by atoms with Gasteiger partial charge in [-0.3, -0.25) is 5.32 Å². The van der Waals surface area contributed by atoms with E-state index in [9.17, 15) is 4.79 Å². The lowest BCUT2D eigenvalue weighted by molar-refractivity contribution is 0.249. The molecule has 0 aliphatic carbocycles. The Bertz CT molecular complexity index is 673. The average molecular weight is 293 g/mol. The van der Waals surface area contributed by atoms with Gasteiger partial charge in [0.05, 0.1) is 12.2 Å². The first-order chi connectivity index (χ1) is 10.8. The van der Waals surface area contributed by atoms with Crippen molar-refractivity contribution in [2.45, 2.75) is 6.04 Å². The normalized spacial score (nSPS) is 10.4. The SMILES string of the molecule is O=C(Nc1ccno1)NC(c1ccccc1)c1ccccc1. The lowest BCUT2D eigenvalue weighted by atomic mass is 9.99. The van der Waals surface area contributed by atoms with Crippen LogP contribution in [0, 0.1) is 0 Å². The van der Waals surface area contributed by atoms with Crippen LogP contribution < -0.4 is 10.6 Å². The summed E-state index contributed by atoms with van der Waals surface area (Å²) in [6.07, 6.45) is 1.47. The van der Waals surface area contributed by atoms with Crippen molar-refractivity contribution < 1.29 is 9.32 Å². The van der Waals surface area contributed by atoms with Crippen molar-refractivity contribution in [2.75, 3.05) is 5.32 Å². The topological polar surface area (TPSA) is 67.2 Å². The summed E-state index contributed by atoms with van der Waals surface area (Å²) in [4.78, 5) is 12.2. The van der Waals surface area contributed by atoms with Crippen LogP contribution in [-0.2, 0) is 0 Å². The number of hydrogen-bond acceptors (Lipinski definition) is 3. The quantitative estimate of drug-likeness (QED) is 0.772. The minimum absolute atomic E-state index is 0.245. The number of carbonyl (C=O) groups excluding carboxylic acids is 1. The Morgan fingerprint density at radius 2 is 1.50 bits per heavy atom. The molecule has 2 N–H and O–H groups in total. The second-order valence-corrected chi connectivity index (χ2v) is 4.73. The summed E-state index contributed by atoms with van der Waals surface area (Å²) < 4.78 is 4.88. The molecule has 110 valence electrons. The van der Waals surface area contributed by atoms with Crippen LogP contribution in [0.1, 0.15) is 17.2 Å². The maximum atomic E-state index is 12.2. The fourth-order valence-corrected chi connectivity index (χ4v) is 2.21. The van der Waals surface area contributed by atoms with Crippen molar-refractivity contribution in [1.29, 1.82) is 0 Å². The van der Waals surface area contributed by atoms with Gasteiger partial charge in [-0.1, -0.05) is 65.8 Å². The minimum Gasteiger partial charge on any atom is -0.338 e. The number of amides is 2. The molecule has 2 amide bonds. The smallest absolute Gasteiger partial charge is 0.322 e. The molecule has 22 heavy (non-hydrogen) atoms. The number of anilines is 1. The fourth-order valence-electron chi connectivity index (χ4n) is 2.21. The van der Waals surface area contributed by atoms with E-state index in [4.69, 9.17) is 4.52 Å². The van der Waals surface area contributed by atoms with Gasteiger partial charge in [-0.15, -0.1) is 0 Å². The van der Waals surface area contributed by atoms with E-state index in [2.05, 4.69) is 15.8 Å². The Morgan fingerprint density at radius 1 is 0.909 bits per heavy atom. The van der Waals surface area contributed by atoms with Gasteiger partial charge in [0.15, 0.2) is 0 Å². The van der Waals surface area contributed by atoms with Crippen LogP contribution in [0.3, 0.4) is 0 Å². The lowest BCUT2D eigenvalue weighted by Crippen LogP contribution is -2.33. The number of hydrogen-bond donors (Lipinski definition) is 2. The van der Waals surface area contributed by atoms with E-state index in [1.807, 2.05) is 60.7 Å². The van der Waals surface area contributed by atoms with Gasteiger partial charge in [0, 0.05) is 6.07 Å². The van der Waals surface area contributed by atoms with Gasteiger partial charge in [-0.05, 0) is 11.1 Å². The zero-order valence-corrected chi connectivity index (χ0v) is 11.8. The molecule has 2 aromatic carbocycles. The number of benzene rings is 2. The van der Waals surface area contributed by atoms with E-state index in [0.29, 0.717) is 5.88 Å². The highest BCUT2D eigenvalue weighted by molar-refractivity contribution is 5.88. The number of nitrogens with one attached hydrogen (secondary N) is 2. The highest BCUT2D eigenvalue weighted by Crippen LogP contribution is 2.21. The van der Waals surface area contributed by atoms with Gasteiger partial charge < -0.3 is 9.84 Å². The highest BCUT2D eigenvalue weighted by atomic mass is 16.5. The van der Waals surface area contributed by atoms with Gasteiger partial charge in [0.2, 0.25) is 5.88 Å². The molecule has 1 heterocycles. The molecule has 0 atom stereocenters. The van der Waals surface area contributed by atoms with E-state index in [1.165, 1.54) is 6.20 Å². The minimum atomic E-state index is -0.352. The molecule has 3 aromatic rings. The summed E-state index contributed by atoms with van der Waals surface area (Å²) in [5.41, 5.74) is 2.00. The Morgan fingerprint density at radius 3 is 2.00 bits per heavy atom. The molecule has 5 heteroatoms. The van der Waals surface area contributed by atoms with Crippen molar-refractivity contribution in [3.8, 4) is 0 Å². The molecule has 3 rings (SSSR count). The van der Waals surface area contributed by atoms with Crippen molar-refractivity contribution >= 4 is 11.9 Å². The van der Waals surface area contributed by atoms with E-state index in [-0.39, 0.29) is 12.1 Å². The first-order valence-corrected chi connectivity index (χ1v) is 6.91. The number of aromatic nitrogens is 1. The maximum absolute atomic E-state index is 12.2. The predicted octanol–water partition coefficient (Wildman–Crippen LogP) is 3.59. The summed E-state index contributed by atoms with van der Waals surface area (Å²) in [5.74, 6) is 0.303. The molecule has 5 nitrogen and oxygen atoms in total. The van der Waals surface area contributed by atoms with Gasteiger partial charge in [0.1, 0.15) is 0 Å². The first-order valence-electron chi connectivity index (χ1n) is 6.91. The molecular weight excluding hydrogens is 278 g/mol. The van der Waals surface area contributed by atoms with Crippen LogP contribution in [0.25, 0.3) is 0 Å². The molecule has 0 radical (unpaired) electrons. The van der Waals surface area contributed by atoms with Gasteiger partial charge >= 0.3 is 6.03 Å². The van der Waals surface area contributed by atoms with E-state index in [0.717, 1.165) is 11.1 Å². The van der Waals surface area contributed by atoms with E-state index < -0.39 is 0 Å². The third-order valence-corrected chi connectivity index (χ3v) is 3.22. The average Bonchev–Trinajstić information content (AvgIpc) is 3.07. The molecule has 0 aliphatic heterocycles. The molecule has 0 bridgehead atoms. The second-order valence-electron chi connectivity index (χ2n) is 4.73. The summed E-state index contributed by atoms with van der Waals surface area (Å²) in [6, 6.07) is 20.6. The van der Waals surface area contributed by atoms with Crippen LogP contribution in [-0.4, -0.2) is 11.2 Å². The monoisotopic (exact) mass is 293 g/mol. The Kier molecular flexibility index (Phi) is 4.15. The van der Waals surface area contributed by atoms with Crippen LogP contribution >= 0.6 is 0 Å². The third kappa shape index (κ3) is 3.32. The molecule has 0 spiro atoms. The van der Waals surface area contributed by atoms with Crippen LogP contribution in [0.2, 0.25) is 0 Å². The molecule has 0 unspecified atom stereocenters. The molecule has 1 aromatic heterocycles. The van der Waals surface area contributed by atoms with Crippen LogP contribution in [0.15, 0.2) is 77.4 Å². The number of carbonyl (C=O) groups is 1. The second kappa shape index (κ2) is 6.58. The third-order valence-electron chi connectivity index (χ3n) is 3.22. The van der Waals surface area contributed by atoms with Crippen LogP contribution in [0.5, 0.6) is 0 Å². The number of urea groups is 1. The van der Waals surface area contributed by atoms with Crippen molar-refractivity contribution in [2.24, 2.45) is 0 Å². The van der Waals surface area contributed by atoms with Crippen molar-refractivity contribution in [3.05, 3.63) is 84.1 Å². The first kappa shape index (κ1) is 13.9. The predicted molar refractivity (Wildman–Crippen MR) is 83.4 cm³/mol. The molecule has 0 saturated heterocycles. The molecule has 0 fully saturated rings. The standard InChI is InChI=1S/C17H15N3O2/c21-17(19-15-11-12-18-22-15)20-16(13-7-3-1-4-8-13)14-9-5-2-6-10-14/h1-12,16H,(H2,19,20,21). The molecule has 0 aliphatic rings. The highest BCUT2D eigenvalue weighted by Gasteiger charge is 2.17. The van der Waals surface area contributed by atoms with Gasteiger partial charge in [-0.25, -0.2) is 4.79 Å². The Balaban J connectivity index is 1.81. The summed E-state index contributed by atoms with van der Waals surface area (Å²) in [5, 5.41) is 9.12. The number of nitrogens with zero attached hydrogens (tertiary/aromatic N) is 1. The molecular formula is C17H15N3O2. The number of rotatable bonds is 4. The Labute approximate surface area is 128 Å². The molecule has 0 saturated carbocycles. The van der Waals surface area contributed by atoms with Gasteiger partial charge in [0.25, 0.3) is 0 Å². The summed E-state index contributed by atoms with van der Waals surface area (Å²) >= 11 is 0. The summed E-state index contributed by atoms with van der Waals surface area (Å²) in [7, 11) is 0.